The van der Waals surface area contributed by atoms with E-state index >= 15 is 0 Å². The highest BCUT2D eigenvalue weighted by Crippen LogP contribution is 1.94. The molecule has 1 heterocycles. The molecule has 0 unspecified atom stereocenters. The molecule has 1 aromatic rings. The Morgan fingerprint density at radius 3 is 2.69 bits per heavy atom. The van der Waals surface area contributed by atoms with Gasteiger partial charge in [-0.15, -0.1) is 0 Å². The van der Waals surface area contributed by atoms with Crippen molar-refractivity contribution < 1.29 is 4.79 Å². The molecule has 1 aromatic heterocycles. The molecule has 0 saturated heterocycles. The van der Waals surface area contributed by atoms with Crippen molar-refractivity contribution in [3.05, 3.63) is 27.9 Å². The lowest BCUT2D eigenvalue weighted by molar-refractivity contribution is -0.117. The predicted octanol–water partition coefficient (Wildman–Crippen LogP) is 0.449. The molecule has 4 nitrogen and oxygen atoms in total. The largest absolute Gasteiger partial charge is 0.298 e. The maximum Gasteiger partial charge on any atom is 0.256 e. The summed E-state index contributed by atoms with van der Waals surface area (Å²) in [6.45, 7) is 5.03. The van der Waals surface area contributed by atoms with E-state index in [4.69, 9.17) is 0 Å². The summed E-state index contributed by atoms with van der Waals surface area (Å²) in [4.78, 5) is 26.3. The first-order valence-corrected chi connectivity index (χ1v) is 4.04. The lowest BCUT2D eigenvalue weighted by Gasteiger charge is -2.04. The van der Waals surface area contributed by atoms with Crippen LogP contribution in [0.4, 0.5) is 0 Å². The van der Waals surface area contributed by atoms with Crippen molar-refractivity contribution in [2.24, 2.45) is 0 Å². The third-order valence-electron chi connectivity index (χ3n) is 1.91. The Balaban J connectivity index is 3.19. The van der Waals surface area contributed by atoms with Crippen molar-refractivity contribution in [2.45, 2.75) is 27.3 Å². The first kappa shape index (κ1) is 9.64. The number of hydrogen-bond donors (Lipinski definition) is 0. The molecule has 0 saturated carbocycles. The van der Waals surface area contributed by atoms with Gasteiger partial charge in [0.1, 0.15) is 5.78 Å². The molecule has 0 aromatic carbocycles. The Morgan fingerprint density at radius 1 is 1.54 bits per heavy atom. The van der Waals surface area contributed by atoms with E-state index in [2.05, 4.69) is 4.98 Å². The van der Waals surface area contributed by atoms with E-state index in [1.165, 1.54) is 17.8 Å². The van der Waals surface area contributed by atoms with Crippen LogP contribution in [0.3, 0.4) is 0 Å². The first-order chi connectivity index (χ1) is 6.02. The molecular formula is C9H12N2O2. The van der Waals surface area contributed by atoms with Gasteiger partial charge in [-0.1, -0.05) is 0 Å². The second-order valence-corrected chi connectivity index (χ2v) is 3.09. The van der Waals surface area contributed by atoms with E-state index in [-0.39, 0.29) is 17.9 Å². The molecule has 0 amide bonds. The highest BCUT2D eigenvalue weighted by atomic mass is 16.1. The van der Waals surface area contributed by atoms with E-state index in [0.717, 1.165) is 0 Å². The Hall–Kier alpha value is -1.45. The molecule has 0 N–H and O–H groups in total. The average Bonchev–Trinajstić information content (AvgIpc) is 2.06. The van der Waals surface area contributed by atoms with Gasteiger partial charge >= 0.3 is 0 Å². The molecule has 70 valence electrons. The topological polar surface area (TPSA) is 52.0 Å². The van der Waals surface area contributed by atoms with Crippen molar-refractivity contribution in [1.82, 2.24) is 9.55 Å². The number of nitrogens with zero attached hydrogens (tertiary/aromatic N) is 2. The minimum Gasteiger partial charge on any atom is -0.298 e. The van der Waals surface area contributed by atoms with Gasteiger partial charge < -0.3 is 0 Å². The van der Waals surface area contributed by atoms with Crippen molar-refractivity contribution in [1.29, 1.82) is 0 Å². The summed E-state index contributed by atoms with van der Waals surface area (Å²) in [7, 11) is 0. The fourth-order valence-corrected chi connectivity index (χ4v) is 1.03. The summed E-state index contributed by atoms with van der Waals surface area (Å²) in [6.07, 6.45) is 1.41. The van der Waals surface area contributed by atoms with Crippen LogP contribution in [-0.2, 0) is 11.3 Å². The van der Waals surface area contributed by atoms with Crippen LogP contribution in [0.1, 0.15) is 18.2 Å². The number of carbonyl (C=O) groups is 1. The van der Waals surface area contributed by atoms with Gasteiger partial charge in [0.25, 0.3) is 5.56 Å². The van der Waals surface area contributed by atoms with Gasteiger partial charge in [0.15, 0.2) is 0 Å². The number of rotatable bonds is 2. The number of aromatic nitrogens is 2. The molecule has 0 aliphatic heterocycles. The second-order valence-electron chi connectivity index (χ2n) is 3.09. The highest BCUT2D eigenvalue weighted by molar-refractivity contribution is 5.75. The predicted molar refractivity (Wildman–Crippen MR) is 48.7 cm³/mol. The summed E-state index contributed by atoms with van der Waals surface area (Å²) in [6, 6.07) is 0. The van der Waals surface area contributed by atoms with Gasteiger partial charge in [-0.25, -0.2) is 4.98 Å². The number of aryl methyl sites for hydroxylation is 1. The van der Waals surface area contributed by atoms with E-state index in [1.54, 1.807) is 13.8 Å². The minimum absolute atomic E-state index is 0.0489. The molecule has 0 atom stereocenters. The van der Waals surface area contributed by atoms with E-state index in [1.807, 2.05) is 0 Å². The summed E-state index contributed by atoms with van der Waals surface area (Å²) in [5.74, 6) is -0.0489. The molecule has 0 aliphatic carbocycles. The van der Waals surface area contributed by atoms with Crippen molar-refractivity contribution in [3.8, 4) is 0 Å². The Kier molecular flexibility index (Phi) is 2.60. The Labute approximate surface area is 76.2 Å². The molecular weight excluding hydrogens is 168 g/mol. The van der Waals surface area contributed by atoms with Crippen molar-refractivity contribution >= 4 is 5.78 Å². The molecule has 4 heteroatoms. The molecule has 0 aliphatic rings. The van der Waals surface area contributed by atoms with Crippen LogP contribution in [-0.4, -0.2) is 15.3 Å². The van der Waals surface area contributed by atoms with Crippen LogP contribution in [0, 0.1) is 13.8 Å². The van der Waals surface area contributed by atoms with Crippen molar-refractivity contribution in [2.75, 3.05) is 0 Å². The average molecular weight is 180 g/mol. The third kappa shape index (κ3) is 2.02. The molecule has 0 radical (unpaired) electrons. The lowest BCUT2D eigenvalue weighted by atomic mass is 10.3. The Morgan fingerprint density at radius 2 is 2.15 bits per heavy atom. The minimum atomic E-state index is -0.136. The first-order valence-electron chi connectivity index (χ1n) is 4.04. The van der Waals surface area contributed by atoms with Gasteiger partial charge in [0.2, 0.25) is 0 Å². The van der Waals surface area contributed by atoms with Crippen LogP contribution < -0.4 is 5.56 Å². The maximum atomic E-state index is 11.5. The molecule has 0 spiro atoms. The molecule has 13 heavy (non-hydrogen) atoms. The zero-order valence-corrected chi connectivity index (χ0v) is 8.00. The maximum absolute atomic E-state index is 11.5. The zero-order valence-electron chi connectivity index (χ0n) is 8.00. The van der Waals surface area contributed by atoms with E-state index in [9.17, 15) is 9.59 Å². The van der Waals surface area contributed by atoms with Crippen LogP contribution in [0.5, 0.6) is 0 Å². The van der Waals surface area contributed by atoms with Gasteiger partial charge in [0.05, 0.1) is 12.9 Å². The fraction of sp³-hybridized carbons (Fsp3) is 0.444. The van der Waals surface area contributed by atoms with Gasteiger partial charge in [-0.3, -0.25) is 14.2 Å². The number of Topliss-reactive ketones (excluding diaryl/α,β-unsaturated/α-hetero) is 1. The summed E-state index contributed by atoms with van der Waals surface area (Å²) < 4.78 is 1.32. The summed E-state index contributed by atoms with van der Waals surface area (Å²) >= 11 is 0. The van der Waals surface area contributed by atoms with Crippen LogP contribution >= 0.6 is 0 Å². The normalized spacial score (nSPS) is 10.1. The SMILES string of the molecule is CC(=O)Cn1cnc(C)c(C)c1=O. The Bertz CT molecular complexity index is 393. The molecule has 0 bridgehead atoms. The monoisotopic (exact) mass is 180 g/mol. The zero-order chi connectivity index (χ0) is 10.0. The van der Waals surface area contributed by atoms with Crippen LogP contribution in [0.25, 0.3) is 0 Å². The number of ketones is 1. The molecule has 0 fully saturated rings. The number of carbonyl (C=O) groups excluding carboxylic acids is 1. The van der Waals surface area contributed by atoms with Gasteiger partial charge in [-0.2, -0.15) is 0 Å². The van der Waals surface area contributed by atoms with Gasteiger partial charge in [0, 0.05) is 11.3 Å². The second kappa shape index (κ2) is 3.51. The van der Waals surface area contributed by atoms with Gasteiger partial charge in [-0.05, 0) is 20.8 Å². The highest BCUT2D eigenvalue weighted by Gasteiger charge is 2.04. The fourth-order valence-electron chi connectivity index (χ4n) is 1.03. The smallest absolute Gasteiger partial charge is 0.256 e. The number of hydrogen-bond acceptors (Lipinski definition) is 3. The summed E-state index contributed by atoms with van der Waals surface area (Å²) in [5, 5.41) is 0. The van der Waals surface area contributed by atoms with Crippen LogP contribution in [0.2, 0.25) is 0 Å². The molecule has 1 rings (SSSR count). The van der Waals surface area contributed by atoms with E-state index < -0.39 is 0 Å². The third-order valence-corrected chi connectivity index (χ3v) is 1.91. The standard InChI is InChI=1S/C9H12N2O2/c1-6(12)4-11-5-10-8(3)7(2)9(11)13/h5H,4H2,1-3H3. The summed E-state index contributed by atoms with van der Waals surface area (Å²) in [5.41, 5.74) is 1.18. The lowest BCUT2D eigenvalue weighted by Crippen LogP contribution is -2.26. The van der Waals surface area contributed by atoms with Crippen LogP contribution in [0.15, 0.2) is 11.1 Å². The van der Waals surface area contributed by atoms with Crippen molar-refractivity contribution in [3.63, 3.8) is 0 Å². The van der Waals surface area contributed by atoms with E-state index in [0.29, 0.717) is 11.3 Å². The quantitative estimate of drug-likeness (QED) is 0.664.